The molecular formula is C25H26N6O2. The van der Waals surface area contributed by atoms with Crippen LogP contribution in [0.5, 0.6) is 11.5 Å². The number of benzene rings is 2. The first kappa shape index (κ1) is 21.0. The lowest BCUT2D eigenvalue weighted by atomic mass is 9.97. The SMILES string of the molecule is CC1C2CN(CC#N)C1CC2n1nc(-c2ccc(Oc3ccccc3)cc2)c(C(N)=O)c1N. The number of hydrogen-bond donors (Lipinski definition) is 2. The first-order chi connectivity index (χ1) is 16.0. The molecule has 1 amide bonds. The minimum absolute atomic E-state index is 0.0764. The summed E-state index contributed by atoms with van der Waals surface area (Å²) in [5.41, 5.74) is 13.6. The number of aromatic nitrogens is 2. The molecule has 2 fully saturated rings. The molecule has 3 aromatic rings. The quantitative estimate of drug-likeness (QED) is 0.564. The molecule has 4 atom stereocenters. The summed E-state index contributed by atoms with van der Waals surface area (Å²) < 4.78 is 7.65. The molecule has 2 bridgehead atoms. The Morgan fingerprint density at radius 2 is 1.85 bits per heavy atom. The second kappa shape index (κ2) is 8.26. The summed E-state index contributed by atoms with van der Waals surface area (Å²) in [7, 11) is 0. The highest BCUT2D eigenvalue weighted by Crippen LogP contribution is 2.49. The molecular weight excluding hydrogens is 416 g/mol. The molecule has 33 heavy (non-hydrogen) atoms. The number of carbonyl (C=O) groups is 1. The summed E-state index contributed by atoms with van der Waals surface area (Å²) >= 11 is 0. The van der Waals surface area contributed by atoms with Gasteiger partial charge < -0.3 is 16.2 Å². The van der Waals surface area contributed by atoms with Crippen molar-refractivity contribution in [3.8, 4) is 28.8 Å². The normalized spacial score (nSPS) is 24.0. The highest BCUT2D eigenvalue weighted by molar-refractivity contribution is 6.03. The fraction of sp³-hybridized carbons (Fsp3) is 0.320. The molecule has 2 aromatic carbocycles. The van der Waals surface area contributed by atoms with Crippen LogP contribution in [0.25, 0.3) is 11.3 Å². The average Bonchev–Trinajstić information content (AvgIpc) is 3.42. The van der Waals surface area contributed by atoms with Crippen LogP contribution in [0.3, 0.4) is 0 Å². The molecule has 1 saturated heterocycles. The minimum Gasteiger partial charge on any atom is -0.457 e. The molecule has 1 aliphatic carbocycles. The number of piperidine rings is 1. The number of likely N-dealkylation sites (tertiary alicyclic amines) is 1. The van der Waals surface area contributed by atoms with Gasteiger partial charge in [-0.05, 0) is 54.7 Å². The highest BCUT2D eigenvalue weighted by atomic mass is 16.5. The fourth-order valence-electron chi connectivity index (χ4n) is 5.45. The average molecular weight is 443 g/mol. The van der Waals surface area contributed by atoms with Crippen molar-refractivity contribution in [1.29, 1.82) is 5.26 Å². The van der Waals surface area contributed by atoms with Crippen molar-refractivity contribution >= 4 is 11.7 Å². The van der Waals surface area contributed by atoms with Gasteiger partial charge in [-0.3, -0.25) is 9.69 Å². The Morgan fingerprint density at radius 3 is 2.45 bits per heavy atom. The van der Waals surface area contributed by atoms with E-state index in [1.807, 2.05) is 54.6 Å². The van der Waals surface area contributed by atoms with E-state index in [-0.39, 0.29) is 11.6 Å². The van der Waals surface area contributed by atoms with Crippen molar-refractivity contribution in [1.82, 2.24) is 14.7 Å². The second-order valence-electron chi connectivity index (χ2n) is 8.84. The molecule has 4 unspecified atom stereocenters. The Morgan fingerprint density at radius 1 is 1.15 bits per heavy atom. The van der Waals surface area contributed by atoms with Crippen molar-refractivity contribution in [2.45, 2.75) is 25.4 Å². The highest BCUT2D eigenvalue weighted by Gasteiger charge is 2.51. The molecule has 8 nitrogen and oxygen atoms in total. The lowest BCUT2D eigenvalue weighted by Gasteiger charge is -2.30. The van der Waals surface area contributed by atoms with Gasteiger partial charge in [0, 0.05) is 18.2 Å². The van der Waals surface area contributed by atoms with E-state index in [2.05, 4.69) is 17.9 Å². The molecule has 0 spiro atoms. The zero-order chi connectivity index (χ0) is 23.1. The van der Waals surface area contributed by atoms with Gasteiger partial charge in [-0.2, -0.15) is 10.4 Å². The van der Waals surface area contributed by atoms with Crippen molar-refractivity contribution in [3.63, 3.8) is 0 Å². The van der Waals surface area contributed by atoms with Crippen LogP contribution < -0.4 is 16.2 Å². The van der Waals surface area contributed by atoms with Crippen LogP contribution in [0.15, 0.2) is 54.6 Å². The number of amides is 1. The molecule has 2 aliphatic rings. The van der Waals surface area contributed by atoms with Gasteiger partial charge >= 0.3 is 0 Å². The molecule has 1 saturated carbocycles. The number of nitrogen functional groups attached to an aromatic ring is 1. The third-order valence-electron chi connectivity index (χ3n) is 7.06. The van der Waals surface area contributed by atoms with E-state index in [9.17, 15) is 4.79 Å². The molecule has 4 N–H and O–H groups in total. The summed E-state index contributed by atoms with van der Waals surface area (Å²) in [6.07, 6.45) is 0.848. The predicted molar refractivity (Wildman–Crippen MR) is 124 cm³/mol. The number of primary amides is 1. The number of anilines is 1. The Labute approximate surface area is 192 Å². The minimum atomic E-state index is -0.597. The number of para-hydroxylation sites is 1. The molecule has 2 heterocycles. The van der Waals surface area contributed by atoms with Crippen molar-refractivity contribution in [2.75, 3.05) is 18.8 Å². The van der Waals surface area contributed by atoms with Crippen LogP contribution in [-0.2, 0) is 0 Å². The zero-order valence-electron chi connectivity index (χ0n) is 18.4. The van der Waals surface area contributed by atoms with Crippen molar-refractivity contribution in [2.24, 2.45) is 17.6 Å². The molecule has 1 aliphatic heterocycles. The van der Waals surface area contributed by atoms with Crippen LogP contribution in [-0.4, -0.2) is 39.7 Å². The maximum Gasteiger partial charge on any atom is 0.254 e. The third-order valence-corrected chi connectivity index (χ3v) is 7.06. The lowest BCUT2D eigenvalue weighted by molar-refractivity contribution is 0.100. The first-order valence-electron chi connectivity index (χ1n) is 11.1. The number of rotatable bonds is 6. The second-order valence-corrected chi connectivity index (χ2v) is 8.84. The summed E-state index contributed by atoms with van der Waals surface area (Å²) in [4.78, 5) is 14.6. The third kappa shape index (κ3) is 3.60. The van der Waals surface area contributed by atoms with Gasteiger partial charge in [-0.1, -0.05) is 25.1 Å². The summed E-state index contributed by atoms with van der Waals surface area (Å²) in [6.45, 7) is 3.48. The topological polar surface area (TPSA) is 123 Å². The summed E-state index contributed by atoms with van der Waals surface area (Å²) in [5.74, 6) is 1.88. The Bertz CT molecular complexity index is 1210. The molecule has 5 rings (SSSR count). The lowest BCUT2D eigenvalue weighted by Crippen LogP contribution is -2.37. The van der Waals surface area contributed by atoms with E-state index >= 15 is 0 Å². The van der Waals surface area contributed by atoms with E-state index in [1.54, 1.807) is 4.68 Å². The van der Waals surface area contributed by atoms with Crippen LogP contribution in [0.2, 0.25) is 0 Å². The van der Waals surface area contributed by atoms with Gasteiger partial charge in [0.15, 0.2) is 0 Å². The summed E-state index contributed by atoms with van der Waals surface area (Å²) in [6, 6.07) is 19.6. The van der Waals surface area contributed by atoms with Crippen LogP contribution in [0, 0.1) is 23.2 Å². The van der Waals surface area contributed by atoms with E-state index < -0.39 is 5.91 Å². The Kier molecular flexibility index (Phi) is 5.27. The van der Waals surface area contributed by atoms with Gasteiger partial charge in [-0.15, -0.1) is 0 Å². The summed E-state index contributed by atoms with van der Waals surface area (Å²) in [5, 5.41) is 13.9. The number of nitrogens with zero attached hydrogens (tertiary/aromatic N) is 4. The van der Waals surface area contributed by atoms with Crippen LogP contribution in [0.4, 0.5) is 5.82 Å². The van der Waals surface area contributed by atoms with E-state index in [4.69, 9.17) is 26.6 Å². The number of ether oxygens (including phenoxy) is 1. The maximum atomic E-state index is 12.3. The maximum absolute atomic E-state index is 12.3. The van der Waals surface area contributed by atoms with Gasteiger partial charge in [0.05, 0.1) is 18.7 Å². The smallest absolute Gasteiger partial charge is 0.254 e. The van der Waals surface area contributed by atoms with E-state index in [1.165, 1.54) is 0 Å². The van der Waals surface area contributed by atoms with Crippen LogP contribution in [0.1, 0.15) is 29.7 Å². The molecule has 168 valence electrons. The monoisotopic (exact) mass is 442 g/mol. The van der Waals surface area contributed by atoms with E-state index in [0.717, 1.165) is 24.3 Å². The molecule has 0 radical (unpaired) electrons. The van der Waals surface area contributed by atoms with Gasteiger partial charge in [-0.25, -0.2) is 4.68 Å². The largest absolute Gasteiger partial charge is 0.457 e. The Balaban J connectivity index is 1.44. The molecule has 8 heteroatoms. The zero-order valence-corrected chi connectivity index (χ0v) is 18.4. The number of fused-ring (bicyclic) bond motifs is 2. The fourth-order valence-corrected chi connectivity index (χ4v) is 5.45. The van der Waals surface area contributed by atoms with Crippen LogP contribution >= 0.6 is 0 Å². The Hall–Kier alpha value is -3.83. The van der Waals surface area contributed by atoms with Gasteiger partial charge in [0.25, 0.3) is 5.91 Å². The number of nitrogens with two attached hydrogens (primary N) is 2. The number of carbonyl (C=O) groups excluding carboxylic acids is 1. The van der Waals surface area contributed by atoms with E-state index in [0.29, 0.717) is 41.7 Å². The number of hydrogen-bond acceptors (Lipinski definition) is 6. The van der Waals surface area contributed by atoms with Gasteiger partial charge in [0.2, 0.25) is 0 Å². The molecule has 1 aromatic heterocycles. The van der Waals surface area contributed by atoms with Gasteiger partial charge in [0.1, 0.15) is 28.6 Å². The first-order valence-corrected chi connectivity index (χ1v) is 11.1. The standard InChI is InChI=1S/C25H26N6O2/c1-15-19-14-30(12-11-26)20(15)13-21(19)31-24(27)22(25(28)32)23(29-31)16-7-9-18(10-8-16)33-17-5-3-2-4-6-17/h2-10,15,19-21H,12-14,27H2,1H3,(H2,28,32). The predicted octanol–water partition coefficient (Wildman–Crippen LogP) is 3.43. The van der Waals surface area contributed by atoms with Crippen molar-refractivity contribution in [3.05, 3.63) is 60.2 Å². The van der Waals surface area contributed by atoms with Crippen molar-refractivity contribution < 1.29 is 9.53 Å². The number of nitriles is 1.